The number of nitrogens with zero attached hydrogens (tertiary/aromatic N) is 3. The molecule has 0 radical (unpaired) electrons. The fourth-order valence-electron chi connectivity index (χ4n) is 4.13. The Morgan fingerprint density at radius 2 is 1.80 bits per heavy atom. The lowest BCUT2D eigenvalue weighted by Crippen LogP contribution is -2.59. The smallest absolute Gasteiger partial charge is 0.331 e. The lowest BCUT2D eigenvalue weighted by atomic mass is 9.93. The van der Waals surface area contributed by atoms with Crippen LogP contribution in [0.25, 0.3) is 0 Å². The van der Waals surface area contributed by atoms with Crippen molar-refractivity contribution in [2.75, 3.05) is 5.32 Å². The lowest BCUT2D eigenvalue weighted by molar-refractivity contribution is -0.186. The summed E-state index contributed by atoms with van der Waals surface area (Å²) in [4.78, 5) is 22.7. The number of hydrogen-bond donors (Lipinski definition) is 1. The number of nitrogens with one attached hydrogen (secondary N) is 1. The summed E-state index contributed by atoms with van der Waals surface area (Å²) in [5.74, 6) is -1.07. The first-order valence-electron chi connectivity index (χ1n) is 10.1. The van der Waals surface area contributed by atoms with Crippen LogP contribution in [0.15, 0.2) is 53.7 Å². The van der Waals surface area contributed by atoms with Crippen LogP contribution in [0.2, 0.25) is 0 Å². The number of halogens is 3. The Morgan fingerprint density at radius 1 is 1.10 bits per heavy atom. The van der Waals surface area contributed by atoms with Crippen molar-refractivity contribution in [2.24, 2.45) is 4.99 Å². The molecule has 0 spiro atoms. The van der Waals surface area contributed by atoms with Gasteiger partial charge in [-0.25, -0.2) is 9.98 Å². The molecule has 1 saturated carbocycles. The summed E-state index contributed by atoms with van der Waals surface area (Å²) in [5, 5.41) is 2.34. The van der Waals surface area contributed by atoms with Crippen LogP contribution in [0.4, 0.5) is 19.0 Å². The first kappa shape index (κ1) is 20.4. The number of pyridine rings is 1. The van der Waals surface area contributed by atoms with Gasteiger partial charge in [0.05, 0.1) is 0 Å². The second kappa shape index (κ2) is 7.74. The van der Waals surface area contributed by atoms with Crippen molar-refractivity contribution in [3.8, 4) is 0 Å². The van der Waals surface area contributed by atoms with E-state index in [0.29, 0.717) is 18.4 Å². The molecule has 0 unspecified atom stereocenters. The minimum Gasteiger partial charge on any atom is -0.331 e. The number of amides is 1. The van der Waals surface area contributed by atoms with E-state index in [-0.39, 0.29) is 17.7 Å². The van der Waals surface area contributed by atoms with E-state index in [2.05, 4.69) is 15.3 Å². The maximum atomic E-state index is 14.4. The minimum absolute atomic E-state index is 0.0395. The Hall–Kier alpha value is -2.90. The highest BCUT2D eigenvalue weighted by Crippen LogP contribution is 2.42. The van der Waals surface area contributed by atoms with Crippen LogP contribution < -0.4 is 5.32 Å². The Morgan fingerprint density at radius 3 is 2.43 bits per heavy atom. The minimum atomic E-state index is -4.95. The Balaban J connectivity index is 1.84. The predicted molar refractivity (Wildman–Crippen MR) is 108 cm³/mol. The summed E-state index contributed by atoms with van der Waals surface area (Å²) >= 11 is 0. The van der Waals surface area contributed by atoms with Gasteiger partial charge in [-0.3, -0.25) is 9.69 Å². The fourth-order valence-corrected chi connectivity index (χ4v) is 4.13. The molecule has 1 aromatic heterocycles. The third-order valence-electron chi connectivity index (χ3n) is 5.64. The van der Waals surface area contributed by atoms with Crippen molar-refractivity contribution in [3.63, 3.8) is 0 Å². The molecule has 1 fully saturated rings. The molecule has 5 nitrogen and oxygen atoms in total. The number of alkyl halides is 3. The molecule has 4 rings (SSSR count). The molecule has 1 amide bonds. The van der Waals surface area contributed by atoms with E-state index in [1.807, 2.05) is 0 Å². The fraction of sp³-hybridized carbons (Fsp3) is 0.409. The van der Waals surface area contributed by atoms with Crippen LogP contribution in [0.5, 0.6) is 0 Å². The van der Waals surface area contributed by atoms with E-state index < -0.39 is 17.7 Å². The van der Waals surface area contributed by atoms with Crippen LogP contribution in [0, 0.1) is 6.92 Å². The molecule has 1 aliphatic carbocycles. The molecule has 8 heteroatoms. The van der Waals surface area contributed by atoms with Gasteiger partial charge in [0.25, 0.3) is 5.91 Å². The summed E-state index contributed by atoms with van der Waals surface area (Å²) in [5.41, 5.74) is -1.88. The van der Waals surface area contributed by atoms with Gasteiger partial charge in [-0.2, -0.15) is 13.2 Å². The number of aryl methyl sites for hydroxylation is 1. The van der Waals surface area contributed by atoms with Gasteiger partial charge in [0, 0.05) is 17.8 Å². The van der Waals surface area contributed by atoms with E-state index >= 15 is 0 Å². The van der Waals surface area contributed by atoms with Gasteiger partial charge in [-0.15, -0.1) is 0 Å². The number of amidine groups is 1. The Labute approximate surface area is 173 Å². The summed E-state index contributed by atoms with van der Waals surface area (Å²) in [6.07, 6.45) is 0.556. The van der Waals surface area contributed by atoms with E-state index in [1.165, 1.54) is 17.2 Å². The maximum absolute atomic E-state index is 14.4. The van der Waals surface area contributed by atoms with Crippen LogP contribution in [0.3, 0.4) is 0 Å². The summed E-state index contributed by atoms with van der Waals surface area (Å²) in [6, 6.07) is 11.4. The van der Waals surface area contributed by atoms with Gasteiger partial charge in [0.2, 0.25) is 0 Å². The molecule has 158 valence electrons. The maximum Gasteiger partial charge on any atom is 0.442 e. The number of aliphatic imine (C=N–C) groups is 1. The van der Waals surface area contributed by atoms with Crippen LogP contribution in [0.1, 0.15) is 43.2 Å². The van der Waals surface area contributed by atoms with Crippen LogP contribution >= 0.6 is 0 Å². The van der Waals surface area contributed by atoms with E-state index in [1.54, 1.807) is 43.3 Å². The van der Waals surface area contributed by atoms with Crippen LogP contribution in [-0.2, 0) is 4.79 Å². The average molecular weight is 416 g/mol. The molecule has 2 aromatic rings. The van der Waals surface area contributed by atoms with Crippen molar-refractivity contribution in [1.29, 1.82) is 0 Å². The Kier molecular flexibility index (Phi) is 5.26. The second-order valence-electron chi connectivity index (χ2n) is 7.82. The number of carbonyl (C=O) groups is 1. The predicted octanol–water partition coefficient (Wildman–Crippen LogP) is 4.68. The van der Waals surface area contributed by atoms with E-state index in [0.717, 1.165) is 24.8 Å². The van der Waals surface area contributed by atoms with Gasteiger partial charge in [-0.05, 0) is 37.5 Å². The number of carbonyl (C=O) groups excluding carboxylic acids is 1. The molecule has 0 bridgehead atoms. The summed E-state index contributed by atoms with van der Waals surface area (Å²) < 4.78 is 43.3. The molecule has 1 aliphatic heterocycles. The third-order valence-corrected chi connectivity index (χ3v) is 5.64. The average Bonchev–Trinajstić information content (AvgIpc) is 3.03. The standard InChI is InChI=1S/C22H23F3N4O/c1-15-12-13-26-18(14-15)27-21(22(23,24)25)20(30)29(17-10-6-3-7-11-17)19(28-21)16-8-4-2-5-9-16/h2,4-5,8-9,12-14,17H,3,6-7,10-11H2,1H3,(H,26,27)/t21-/m0/s1. The Bertz CT molecular complexity index is 954. The summed E-state index contributed by atoms with van der Waals surface area (Å²) in [7, 11) is 0. The number of aromatic nitrogens is 1. The first-order valence-corrected chi connectivity index (χ1v) is 10.1. The van der Waals surface area contributed by atoms with Gasteiger partial charge >= 0.3 is 11.8 Å². The van der Waals surface area contributed by atoms with Crippen molar-refractivity contribution >= 4 is 17.6 Å². The topological polar surface area (TPSA) is 57.6 Å². The van der Waals surface area contributed by atoms with Crippen LogP contribution in [-0.4, -0.2) is 39.5 Å². The lowest BCUT2D eigenvalue weighted by Gasteiger charge is -2.34. The van der Waals surface area contributed by atoms with E-state index in [4.69, 9.17) is 0 Å². The normalized spacial score (nSPS) is 22.9. The highest BCUT2D eigenvalue weighted by atomic mass is 19.4. The highest BCUT2D eigenvalue weighted by molar-refractivity contribution is 6.16. The molecule has 0 saturated heterocycles. The molecule has 1 aromatic carbocycles. The zero-order valence-electron chi connectivity index (χ0n) is 16.6. The van der Waals surface area contributed by atoms with Crippen molar-refractivity contribution < 1.29 is 18.0 Å². The molecular formula is C22H23F3N4O. The highest BCUT2D eigenvalue weighted by Gasteiger charge is 2.67. The van der Waals surface area contributed by atoms with Crippen molar-refractivity contribution in [1.82, 2.24) is 9.88 Å². The van der Waals surface area contributed by atoms with Gasteiger partial charge in [0.1, 0.15) is 11.7 Å². The largest absolute Gasteiger partial charge is 0.442 e. The summed E-state index contributed by atoms with van der Waals surface area (Å²) in [6.45, 7) is 1.75. The molecule has 2 aliphatic rings. The van der Waals surface area contributed by atoms with Gasteiger partial charge in [-0.1, -0.05) is 49.6 Å². The van der Waals surface area contributed by atoms with E-state index in [9.17, 15) is 18.0 Å². The molecule has 2 heterocycles. The number of benzene rings is 1. The zero-order valence-corrected chi connectivity index (χ0v) is 16.6. The number of anilines is 1. The quantitative estimate of drug-likeness (QED) is 0.787. The second-order valence-corrected chi connectivity index (χ2v) is 7.82. The molecular weight excluding hydrogens is 393 g/mol. The third kappa shape index (κ3) is 3.55. The van der Waals surface area contributed by atoms with Crippen molar-refractivity contribution in [2.45, 2.75) is 56.9 Å². The first-order chi connectivity index (χ1) is 14.3. The molecule has 1 N–H and O–H groups in total. The number of hydrogen-bond acceptors (Lipinski definition) is 4. The zero-order chi connectivity index (χ0) is 21.4. The number of rotatable bonds is 4. The van der Waals surface area contributed by atoms with Gasteiger partial charge in [0.15, 0.2) is 0 Å². The van der Waals surface area contributed by atoms with Gasteiger partial charge < -0.3 is 5.32 Å². The van der Waals surface area contributed by atoms with Crippen molar-refractivity contribution in [3.05, 3.63) is 59.8 Å². The molecule has 1 atom stereocenters. The SMILES string of the molecule is Cc1ccnc(N[C@]2(C(F)(F)F)N=C(c3ccccc3)N(C3CCCCC3)C2=O)c1. The molecule has 30 heavy (non-hydrogen) atoms. The monoisotopic (exact) mass is 416 g/mol.